The number of rotatable bonds is 13. The van der Waals surface area contributed by atoms with Crippen LogP contribution < -0.4 is 16.0 Å². The molecule has 8 heteroatoms. The number of carbonyl (C=O) groups is 2. The fraction of sp³-hybridized carbons (Fsp3) is 0.289. The molecule has 0 saturated heterocycles. The van der Waals surface area contributed by atoms with Crippen LogP contribution in [-0.4, -0.2) is 45.8 Å². The van der Waals surface area contributed by atoms with Crippen LogP contribution in [0.3, 0.4) is 0 Å². The summed E-state index contributed by atoms with van der Waals surface area (Å²) in [5.41, 5.74) is 5.44. The number of amides is 2. The van der Waals surface area contributed by atoms with Gasteiger partial charge >= 0.3 is 0 Å². The second-order valence-corrected chi connectivity index (χ2v) is 12.1. The molecule has 4 N–H and O–H groups in total. The first kappa shape index (κ1) is 31.2. The lowest BCUT2D eigenvalue weighted by atomic mass is 9.98. The highest BCUT2D eigenvalue weighted by molar-refractivity contribution is 5.97. The Labute approximate surface area is 270 Å². The van der Waals surface area contributed by atoms with Gasteiger partial charge in [-0.3, -0.25) is 14.5 Å². The SMILES string of the molecule is CC(NC(=O)[C@H](CCCN1CCc2ccccc2C1)NC(=O)c1ccc(CNCc2ncc[nH]2)cc1)c1cccc2ccccc12. The maximum atomic E-state index is 13.8. The van der Waals surface area contributed by atoms with Crippen LogP contribution in [0.25, 0.3) is 10.8 Å². The van der Waals surface area contributed by atoms with Crippen LogP contribution in [0.2, 0.25) is 0 Å². The van der Waals surface area contributed by atoms with E-state index in [-0.39, 0.29) is 17.9 Å². The van der Waals surface area contributed by atoms with E-state index in [1.807, 2.05) is 49.4 Å². The van der Waals surface area contributed by atoms with E-state index in [1.54, 1.807) is 12.4 Å². The number of nitrogens with zero attached hydrogens (tertiary/aromatic N) is 2. The van der Waals surface area contributed by atoms with Crippen molar-refractivity contribution in [2.45, 2.75) is 57.9 Å². The zero-order valence-corrected chi connectivity index (χ0v) is 26.3. The molecule has 1 aliphatic heterocycles. The molecule has 2 atom stereocenters. The van der Waals surface area contributed by atoms with Crippen molar-refractivity contribution in [1.29, 1.82) is 0 Å². The zero-order chi connectivity index (χ0) is 31.7. The Balaban J connectivity index is 1.10. The molecule has 1 aromatic heterocycles. The Morgan fingerprint density at radius 3 is 2.50 bits per heavy atom. The van der Waals surface area contributed by atoms with Crippen LogP contribution in [0.15, 0.2) is 103 Å². The third-order valence-electron chi connectivity index (χ3n) is 8.84. The molecule has 2 heterocycles. The first-order valence-electron chi connectivity index (χ1n) is 16.2. The van der Waals surface area contributed by atoms with Gasteiger partial charge in [0, 0.05) is 37.6 Å². The molecule has 0 spiro atoms. The number of carbonyl (C=O) groups excluding carboxylic acids is 2. The molecule has 1 aliphatic rings. The summed E-state index contributed by atoms with van der Waals surface area (Å²) in [6, 6.07) is 29.6. The molecule has 46 heavy (non-hydrogen) atoms. The van der Waals surface area contributed by atoms with Crippen molar-refractivity contribution >= 4 is 22.6 Å². The Morgan fingerprint density at radius 1 is 0.891 bits per heavy atom. The number of imidazole rings is 1. The van der Waals surface area contributed by atoms with Crippen LogP contribution in [0, 0.1) is 0 Å². The lowest BCUT2D eigenvalue weighted by Crippen LogP contribution is -2.47. The van der Waals surface area contributed by atoms with Crippen molar-refractivity contribution in [3.63, 3.8) is 0 Å². The predicted octanol–water partition coefficient (Wildman–Crippen LogP) is 5.67. The van der Waals surface area contributed by atoms with Crippen LogP contribution in [0.1, 0.15) is 64.2 Å². The Hall–Kier alpha value is -4.79. The van der Waals surface area contributed by atoms with Crippen LogP contribution >= 0.6 is 0 Å². The molecular weight excluding hydrogens is 572 g/mol. The Bertz CT molecular complexity index is 1750. The van der Waals surface area contributed by atoms with Gasteiger partial charge in [-0.25, -0.2) is 4.98 Å². The van der Waals surface area contributed by atoms with Crippen molar-refractivity contribution in [3.8, 4) is 0 Å². The van der Waals surface area contributed by atoms with Gasteiger partial charge in [-0.1, -0.05) is 78.9 Å². The normalized spacial score (nSPS) is 14.4. The van der Waals surface area contributed by atoms with E-state index in [0.29, 0.717) is 25.1 Å². The number of aromatic nitrogens is 2. The van der Waals surface area contributed by atoms with E-state index >= 15 is 0 Å². The number of hydrogen-bond donors (Lipinski definition) is 4. The summed E-state index contributed by atoms with van der Waals surface area (Å²) in [5.74, 6) is 0.455. The first-order valence-corrected chi connectivity index (χ1v) is 16.2. The number of benzene rings is 4. The van der Waals surface area contributed by atoms with Gasteiger partial charge in [0.15, 0.2) is 0 Å². The Kier molecular flexibility index (Phi) is 10.2. The minimum absolute atomic E-state index is 0.170. The summed E-state index contributed by atoms with van der Waals surface area (Å²) in [5, 5.41) is 11.9. The smallest absolute Gasteiger partial charge is 0.251 e. The topological polar surface area (TPSA) is 102 Å². The lowest BCUT2D eigenvalue weighted by Gasteiger charge is -2.29. The van der Waals surface area contributed by atoms with Gasteiger partial charge in [0.05, 0.1) is 12.6 Å². The fourth-order valence-electron chi connectivity index (χ4n) is 6.29. The fourth-order valence-corrected chi connectivity index (χ4v) is 6.29. The standard InChI is InChI=1S/C38H42N6O2/c1-27(33-13-6-11-30-9-4-5-12-34(30)33)42-38(46)35(14-7-22-44-23-19-29-8-2-3-10-32(29)26-44)43-37(45)31-17-15-28(16-18-31)24-39-25-36-40-20-21-41-36/h2-6,8-13,15-18,20-21,27,35,39H,7,14,19,22-26H2,1H3,(H,40,41)(H,42,46)(H,43,45)/t27?,35-/m0/s1. The van der Waals surface area contributed by atoms with Crippen molar-refractivity contribution in [1.82, 2.24) is 30.8 Å². The van der Waals surface area contributed by atoms with Crippen LogP contribution in [0.4, 0.5) is 0 Å². The monoisotopic (exact) mass is 614 g/mol. The average Bonchev–Trinajstić information content (AvgIpc) is 3.61. The third kappa shape index (κ3) is 7.88. The van der Waals surface area contributed by atoms with E-state index in [9.17, 15) is 9.59 Å². The molecule has 1 unspecified atom stereocenters. The molecular formula is C38H42N6O2. The predicted molar refractivity (Wildman–Crippen MR) is 182 cm³/mol. The van der Waals surface area contributed by atoms with Crippen molar-refractivity contribution in [2.24, 2.45) is 0 Å². The zero-order valence-electron chi connectivity index (χ0n) is 26.3. The van der Waals surface area contributed by atoms with Gasteiger partial charge in [-0.2, -0.15) is 0 Å². The summed E-state index contributed by atoms with van der Waals surface area (Å²) in [6.07, 6.45) is 5.91. The number of nitrogens with one attached hydrogen (secondary N) is 4. The van der Waals surface area contributed by atoms with Crippen LogP contribution in [-0.2, 0) is 30.8 Å². The summed E-state index contributed by atoms with van der Waals surface area (Å²) < 4.78 is 0. The molecule has 0 fully saturated rings. The van der Waals surface area contributed by atoms with E-state index in [1.165, 1.54) is 11.1 Å². The van der Waals surface area contributed by atoms with Gasteiger partial charge < -0.3 is 20.9 Å². The van der Waals surface area contributed by atoms with E-state index < -0.39 is 6.04 Å². The highest BCUT2D eigenvalue weighted by atomic mass is 16.2. The largest absolute Gasteiger partial charge is 0.348 e. The first-order chi connectivity index (χ1) is 22.5. The van der Waals surface area contributed by atoms with E-state index in [2.05, 4.69) is 79.3 Å². The van der Waals surface area contributed by atoms with Gasteiger partial charge in [0.2, 0.25) is 5.91 Å². The third-order valence-corrected chi connectivity index (χ3v) is 8.84. The summed E-state index contributed by atoms with van der Waals surface area (Å²) in [6.45, 7) is 6.07. The summed E-state index contributed by atoms with van der Waals surface area (Å²) in [4.78, 5) is 37.0. The maximum absolute atomic E-state index is 13.8. The van der Waals surface area contributed by atoms with Gasteiger partial charge in [0.1, 0.15) is 11.9 Å². The lowest BCUT2D eigenvalue weighted by molar-refractivity contribution is -0.123. The molecule has 4 aromatic carbocycles. The molecule has 0 aliphatic carbocycles. The number of hydrogen-bond acceptors (Lipinski definition) is 5. The van der Waals surface area contributed by atoms with Crippen LogP contribution in [0.5, 0.6) is 0 Å². The number of aromatic amines is 1. The maximum Gasteiger partial charge on any atom is 0.251 e. The molecule has 0 saturated carbocycles. The second-order valence-electron chi connectivity index (χ2n) is 12.1. The summed E-state index contributed by atoms with van der Waals surface area (Å²) in [7, 11) is 0. The molecule has 8 nitrogen and oxygen atoms in total. The molecule has 5 aromatic rings. The number of H-pyrrole nitrogens is 1. The summed E-state index contributed by atoms with van der Waals surface area (Å²) >= 11 is 0. The average molecular weight is 615 g/mol. The van der Waals surface area contributed by atoms with Crippen molar-refractivity contribution in [3.05, 3.63) is 137 Å². The molecule has 6 rings (SSSR count). The van der Waals surface area contributed by atoms with Crippen molar-refractivity contribution < 1.29 is 9.59 Å². The molecule has 0 radical (unpaired) electrons. The molecule has 2 amide bonds. The van der Waals surface area contributed by atoms with Crippen molar-refractivity contribution in [2.75, 3.05) is 13.1 Å². The van der Waals surface area contributed by atoms with Gasteiger partial charge in [0.25, 0.3) is 5.91 Å². The second kappa shape index (κ2) is 15.0. The highest BCUT2D eigenvalue weighted by Gasteiger charge is 2.24. The Morgan fingerprint density at radius 2 is 1.67 bits per heavy atom. The number of fused-ring (bicyclic) bond motifs is 2. The minimum atomic E-state index is -0.656. The molecule has 0 bridgehead atoms. The van der Waals surface area contributed by atoms with E-state index in [4.69, 9.17) is 0 Å². The quantitative estimate of drug-likeness (QED) is 0.137. The molecule has 236 valence electrons. The van der Waals surface area contributed by atoms with E-state index in [0.717, 1.165) is 60.2 Å². The minimum Gasteiger partial charge on any atom is -0.348 e. The highest BCUT2D eigenvalue weighted by Crippen LogP contribution is 2.24. The van der Waals surface area contributed by atoms with Gasteiger partial charge in [-0.05, 0) is 77.9 Å². The van der Waals surface area contributed by atoms with Gasteiger partial charge in [-0.15, -0.1) is 0 Å².